The third-order valence-corrected chi connectivity index (χ3v) is 7.19. The van der Waals surface area contributed by atoms with E-state index in [9.17, 15) is 24.3 Å². The molecule has 34 heavy (non-hydrogen) atoms. The second-order valence-electron chi connectivity index (χ2n) is 9.36. The third-order valence-electron chi connectivity index (χ3n) is 7.19. The highest BCUT2D eigenvalue weighted by Gasteiger charge is 2.72. The molecular weight excluding hydrogens is 438 g/mol. The minimum Gasteiger partial charge on any atom is -0.480 e. The first-order valence-corrected chi connectivity index (χ1v) is 11.6. The summed E-state index contributed by atoms with van der Waals surface area (Å²) in [5.74, 6) is -5.37. The molecule has 3 amide bonds. The molecule has 2 fully saturated rings. The number of nitrogens with two attached hydrogens (primary N) is 2. The lowest BCUT2D eigenvalue weighted by Crippen LogP contribution is -2.61. The zero-order chi connectivity index (χ0) is 25.4. The van der Waals surface area contributed by atoms with Crippen molar-refractivity contribution in [1.82, 2.24) is 9.80 Å². The summed E-state index contributed by atoms with van der Waals surface area (Å²) in [4.78, 5) is 54.7. The van der Waals surface area contributed by atoms with Crippen molar-refractivity contribution in [2.24, 2.45) is 29.2 Å². The number of fused-ring (bicyclic) bond motifs is 1. The number of hydrogen-bond donors (Lipinski definition) is 4. The van der Waals surface area contributed by atoms with Crippen molar-refractivity contribution in [1.29, 1.82) is 5.41 Å². The number of imide groups is 1. The number of carboxylic acids is 1. The van der Waals surface area contributed by atoms with Crippen LogP contribution < -0.4 is 11.5 Å². The number of carbonyl (C=O) groups is 4. The molecule has 0 bridgehead atoms. The quantitative estimate of drug-likeness (QED) is 0.225. The number of nitrogen functional groups attached to an aromatic ring is 1. The summed E-state index contributed by atoms with van der Waals surface area (Å²) >= 11 is 0. The summed E-state index contributed by atoms with van der Waals surface area (Å²) in [6, 6.07) is 5.89. The smallest absolute Gasteiger partial charge is 0.325 e. The van der Waals surface area contributed by atoms with Gasteiger partial charge in [0, 0.05) is 31.1 Å². The molecule has 4 atom stereocenters. The number of carboxylic acid groups (broad SMARTS) is 1. The number of unbranched alkanes of at least 4 members (excludes halogenated alkanes) is 1. The molecule has 2 heterocycles. The van der Waals surface area contributed by atoms with Gasteiger partial charge in [0.25, 0.3) is 0 Å². The number of amidine groups is 1. The monoisotopic (exact) mass is 471 g/mol. The molecule has 3 rings (SSSR count). The normalized spacial score (nSPS) is 26.8. The average molecular weight is 472 g/mol. The van der Waals surface area contributed by atoms with Crippen molar-refractivity contribution in [3.05, 3.63) is 35.4 Å². The van der Waals surface area contributed by atoms with E-state index in [1.54, 1.807) is 43.0 Å². The van der Waals surface area contributed by atoms with Crippen LogP contribution in [0.15, 0.2) is 24.3 Å². The van der Waals surface area contributed by atoms with Crippen LogP contribution in [0.5, 0.6) is 0 Å². The molecule has 0 radical (unpaired) electrons. The van der Waals surface area contributed by atoms with Crippen LogP contribution in [0.1, 0.15) is 57.2 Å². The van der Waals surface area contributed by atoms with E-state index >= 15 is 0 Å². The van der Waals surface area contributed by atoms with Crippen LogP contribution in [-0.4, -0.2) is 63.1 Å². The maximum atomic E-state index is 13.6. The van der Waals surface area contributed by atoms with Gasteiger partial charge in [0.05, 0.1) is 11.8 Å². The number of aliphatic carboxylic acids is 1. The van der Waals surface area contributed by atoms with E-state index in [4.69, 9.17) is 16.9 Å². The standard InChI is InChI=1S/C24H33N5O5/c1-4-5-11-28-21(31)17-18(22(28)32)24(13(2)3,23(33)34)29(12-10-16(25)30)19(17)14-6-8-15(9-7-14)20(26)27/h6-9,13,17-19H,4-5,10-12H2,1-3H3,(H2,25,30)(H3,26,27)(H,33,34). The number of primary amides is 1. The Balaban J connectivity index is 2.23. The van der Waals surface area contributed by atoms with Gasteiger partial charge in [-0.1, -0.05) is 51.5 Å². The molecule has 10 nitrogen and oxygen atoms in total. The van der Waals surface area contributed by atoms with Crippen LogP contribution >= 0.6 is 0 Å². The lowest BCUT2D eigenvalue weighted by Gasteiger charge is -2.43. The van der Waals surface area contributed by atoms with Crippen LogP contribution in [-0.2, 0) is 19.2 Å². The Kier molecular flexibility index (Phi) is 7.11. The molecule has 1 aromatic carbocycles. The third kappa shape index (κ3) is 3.85. The Morgan fingerprint density at radius 3 is 2.21 bits per heavy atom. The van der Waals surface area contributed by atoms with E-state index in [1.807, 2.05) is 6.92 Å². The molecule has 2 aliphatic rings. The van der Waals surface area contributed by atoms with Crippen molar-refractivity contribution in [3.8, 4) is 0 Å². The summed E-state index contributed by atoms with van der Waals surface area (Å²) in [5.41, 5.74) is 10.4. The fourth-order valence-electron chi connectivity index (χ4n) is 5.67. The van der Waals surface area contributed by atoms with Gasteiger partial charge in [0.2, 0.25) is 17.7 Å². The average Bonchev–Trinajstić information content (AvgIpc) is 3.21. The summed E-state index contributed by atoms with van der Waals surface area (Å²) in [5, 5.41) is 18.2. The summed E-state index contributed by atoms with van der Waals surface area (Å²) in [7, 11) is 0. The lowest BCUT2D eigenvalue weighted by atomic mass is 9.73. The van der Waals surface area contributed by atoms with E-state index in [1.165, 1.54) is 4.90 Å². The first-order valence-electron chi connectivity index (χ1n) is 11.6. The Bertz CT molecular complexity index is 1010. The van der Waals surface area contributed by atoms with Gasteiger partial charge in [-0.25, -0.2) is 0 Å². The van der Waals surface area contributed by atoms with E-state index < -0.39 is 53.0 Å². The van der Waals surface area contributed by atoms with E-state index in [2.05, 4.69) is 0 Å². The Hall–Kier alpha value is -3.27. The van der Waals surface area contributed by atoms with Crippen molar-refractivity contribution in [3.63, 3.8) is 0 Å². The van der Waals surface area contributed by atoms with E-state index in [0.717, 1.165) is 6.42 Å². The number of benzene rings is 1. The van der Waals surface area contributed by atoms with Gasteiger partial charge in [-0.3, -0.25) is 34.4 Å². The molecule has 10 heteroatoms. The van der Waals surface area contributed by atoms with Gasteiger partial charge in [-0.05, 0) is 17.9 Å². The van der Waals surface area contributed by atoms with Gasteiger partial charge < -0.3 is 16.6 Å². The van der Waals surface area contributed by atoms with Crippen LogP contribution in [0.2, 0.25) is 0 Å². The van der Waals surface area contributed by atoms with Gasteiger partial charge in [0.15, 0.2) is 0 Å². The Morgan fingerprint density at radius 2 is 1.74 bits per heavy atom. The SMILES string of the molecule is CCCCN1C(=O)C2C(c3ccc(C(=N)N)cc3)N(CCC(N)=O)C(C(=O)O)(C(C)C)C2C1=O. The summed E-state index contributed by atoms with van der Waals surface area (Å²) in [6.45, 7) is 5.62. The predicted molar refractivity (Wildman–Crippen MR) is 125 cm³/mol. The molecular formula is C24H33N5O5. The van der Waals surface area contributed by atoms with Crippen molar-refractivity contribution < 1.29 is 24.3 Å². The lowest BCUT2D eigenvalue weighted by molar-refractivity contribution is -0.162. The highest BCUT2D eigenvalue weighted by molar-refractivity contribution is 6.09. The highest BCUT2D eigenvalue weighted by Crippen LogP contribution is 2.57. The van der Waals surface area contributed by atoms with Crippen molar-refractivity contribution >= 4 is 29.5 Å². The summed E-state index contributed by atoms with van der Waals surface area (Å²) in [6.07, 6.45) is 1.29. The Morgan fingerprint density at radius 1 is 1.12 bits per heavy atom. The maximum Gasteiger partial charge on any atom is 0.325 e. The van der Waals surface area contributed by atoms with Crippen LogP contribution in [0.25, 0.3) is 0 Å². The number of nitrogens with zero attached hydrogens (tertiary/aromatic N) is 2. The fraction of sp³-hybridized carbons (Fsp3) is 0.542. The molecule has 0 aromatic heterocycles. The second-order valence-corrected chi connectivity index (χ2v) is 9.36. The number of nitrogens with one attached hydrogen (secondary N) is 1. The minimum absolute atomic E-state index is 0.0124. The fourth-order valence-corrected chi connectivity index (χ4v) is 5.67. The number of hydrogen-bond acceptors (Lipinski definition) is 6. The van der Waals surface area contributed by atoms with Crippen LogP contribution in [0.4, 0.5) is 0 Å². The number of likely N-dealkylation sites (tertiary alicyclic amines) is 2. The highest BCUT2D eigenvalue weighted by atomic mass is 16.4. The van der Waals surface area contributed by atoms with Crippen LogP contribution in [0.3, 0.4) is 0 Å². The first kappa shape index (κ1) is 25.4. The molecule has 1 aromatic rings. The van der Waals surface area contributed by atoms with Crippen molar-refractivity contribution in [2.45, 2.75) is 51.6 Å². The zero-order valence-electron chi connectivity index (χ0n) is 19.8. The van der Waals surface area contributed by atoms with E-state index in [0.29, 0.717) is 17.5 Å². The molecule has 0 saturated carbocycles. The number of amides is 3. The predicted octanol–water partition coefficient (Wildman–Crippen LogP) is 1.08. The topological polar surface area (TPSA) is 171 Å². The molecule has 0 aliphatic carbocycles. The molecule has 0 spiro atoms. The second kappa shape index (κ2) is 9.54. The first-order chi connectivity index (χ1) is 16.0. The van der Waals surface area contributed by atoms with Gasteiger partial charge in [0.1, 0.15) is 11.4 Å². The molecule has 2 aliphatic heterocycles. The zero-order valence-corrected chi connectivity index (χ0v) is 19.8. The van der Waals surface area contributed by atoms with E-state index in [-0.39, 0.29) is 25.3 Å². The number of carbonyl (C=O) groups excluding carboxylic acids is 3. The molecule has 2 saturated heterocycles. The minimum atomic E-state index is -1.70. The number of rotatable bonds is 10. The van der Waals surface area contributed by atoms with Gasteiger partial charge >= 0.3 is 5.97 Å². The molecule has 6 N–H and O–H groups in total. The molecule has 4 unspecified atom stereocenters. The Labute approximate surface area is 198 Å². The molecule has 184 valence electrons. The van der Waals surface area contributed by atoms with Gasteiger partial charge in [-0.15, -0.1) is 0 Å². The van der Waals surface area contributed by atoms with Crippen molar-refractivity contribution in [2.75, 3.05) is 13.1 Å². The maximum absolute atomic E-state index is 13.6. The largest absolute Gasteiger partial charge is 0.480 e. The summed E-state index contributed by atoms with van der Waals surface area (Å²) < 4.78 is 0. The van der Waals surface area contributed by atoms with Crippen LogP contribution in [0, 0.1) is 23.2 Å². The van der Waals surface area contributed by atoms with Gasteiger partial charge in [-0.2, -0.15) is 0 Å².